The quantitative estimate of drug-likeness (QED) is 0.297. The number of ether oxygens (including phenoxy) is 1. The van der Waals surface area contributed by atoms with Crippen molar-refractivity contribution in [1.82, 2.24) is 4.98 Å². The van der Waals surface area contributed by atoms with Gasteiger partial charge < -0.3 is 15.4 Å². The van der Waals surface area contributed by atoms with E-state index in [1.807, 2.05) is 26.0 Å². The highest BCUT2D eigenvalue weighted by Gasteiger charge is 2.56. The van der Waals surface area contributed by atoms with Crippen LogP contribution >= 0.6 is 0 Å². The van der Waals surface area contributed by atoms with Crippen LogP contribution in [0.2, 0.25) is 0 Å². The lowest BCUT2D eigenvalue weighted by Gasteiger charge is -2.17. The maximum absolute atomic E-state index is 14.9. The third-order valence-corrected chi connectivity index (χ3v) is 6.53. The molecule has 1 fully saturated rings. The molecule has 0 atom stereocenters. The molecule has 4 aromatic rings. The number of hydrogen-bond donors (Lipinski definition) is 2. The first-order valence-electron chi connectivity index (χ1n) is 11.6. The Labute approximate surface area is 210 Å². The van der Waals surface area contributed by atoms with E-state index in [4.69, 9.17) is 4.74 Å². The summed E-state index contributed by atoms with van der Waals surface area (Å²) >= 11 is 0. The van der Waals surface area contributed by atoms with Crippen molar-refractivity contribution in [3.8, 4) is 11.5 Å². The number of hydrogen-bond acceptors (Lipinski definition) is 4. The standard InChI is InChI=1S/C28H22F3N3O3/c1-15-11-19-22(12-16(15)2)32-10-7-24(19)37-25-14-20(30)23(13-21(25)31)34-27(36)28(8-9-28)26(35)33-18-5-3-17(29)4-6-18/h3-7,10-14H,8-9H2,1-2H3,(H,33,35)(H,34,36). The predicted molar refractivity (Wildman–Crippen MR) is 133 cm³/mol. The van der Waals surface area contributed by atoms with Crippen LogP contribution in [0, 0.1) is 36.7 Å². The Bertz CT molecular complexity index is 1550. The van der Waals surface area contributed by atoms with Gasteiger partial charge in [0, 0.05) is 29.4 Å². The average Bonchev–Trinajstić information content (AvgIpc) is 3.67. The average molecular weight is 505 g/mol. The number of nitrogens with one attached hydrogen (secondary N) is 2. The summed E-state index contributed by atoms with van der Waals surface area (Å²) in [6, 6.07) is 12.0. The summed E-state index contributed by atoms with van der Waals surface area (Å²) in [6.45, 7) is 3.88. The fraction of sp³-hybridized carbons (Fsp3) is 0.179. The Morgan fingerprint density at radius 3 is 2.22 bits per heavy atom. The van der Waals surface area contributed by atoms with Crippen LogP contribution in [0.1, 0.15) is 24.0 Å². The number of rotatable bonds is 6. The van der Waals surface area contributed by atoms with Crippen LogP contribution in [0.3, 0.4) is 0 Å². The first kappa shape index (κ1) is 24.3. The van der Waals surface area contributed by atoms with E-state index in [-0.39, 0.29) is 18.6 Å². The monoisotopic (exact) mass is 505 g/mol. The van der Waals surface area contributed by atoms with E-state index in [9.17, 15) is 22.8 Å². The zero-order valence-electron chi connectivity index (χ0n) is 20.0. The number of nitrogens with zero attached hydrogens (tertiary/aromatic N) is 1. The molecule has 5 rings (SSSR count). The molecule has 2 amide bonds. The molecule has 6 nitrogen and oxygen atoms in total. The molecular weight excluding hydrogens is 483 g/mol. The van der Waals surface area contributed by atoms with E-state index in [1.54, 1.807) is 6.07 Å². The molecule has 9 heteroatoms. The fourth-order valence-corrected chi connectivity index (χ4v) is 4.00. The number of amides is 2. The topological polar surface area (TPSA) is 80.3 Å². The molecule has 37 heavy (non-hydrogen) atoms. The zero-order valence-corrected chi connectivity index (χ0v) is 20.0. The van der Waals surface area contributed by atoms with E-state index in [2.05, 4.69) is 15.6 Å². The van der Waals surface area contributed by atoms with Crippen molar-refractivity contribution in [2.45, 2.75) is 26.7 Å². The van der Waals surface area contributed by atoms with Crippen LogP contribution in [0.4, 0.5) is 24.5 Å². The van der Waals surface area contributed by atoms with Gasteiger partial charge in [-0.2, -0.15) is 0 Å². The first-order valence-corrected chi connectivity index (χ1v) is 11.6. The predicted octanol–water partition coefficient (Wildman–Crippen LogP) is 6.42. The fourth-order valence-electron chi connectivity index (χ4n) is 4.00. The number of fused-ring (bicyclic) bond motifs is 1. The molecule has 188 valence electrons. The summed E-state index contributed by atoms with van der Waals surface area (Å²) in [4.78, 5) is 29.9. The molecule has 0 aliphatic heterocycles. The number of benzene rings is 3. The van der Waals surface area contributed by atoms with Crippen molar-refractivity contribution >= 4 is 34.1 Å². The van der Waals surface area contributed by atoms with Gasteiger partial charge >= 0.3 is 0 Å². The van der Waals surface area contributed by atoms with Crippen molar-refractivity contribution in [2.75, 3.05) is 10.6 Å². The highest BCUT2D eigenvalue weighted by atomic mass is 19.1. The molecule has 0 spiro atoms. The lowest BCUT2D eigenvalue weighted by Crippen LogP contribution is -2.35. The molecule has 1 aromatic heterocycles. The number of aromatic nitrogens is 1. The van der Waals surface area contributed by atoms with E-state index in [0.29, 0.717) is 22.3 Å². The Morgan fingerprint density at radius 2 is 1.51 bits per heavy atom. The van der Waals surface area contributed by atoms with Gasteiger partial charge in [0.25, 0.3) is 0 Å². The summed E-state index contributed by atoms with van der Waals surface area (Å²) in [5.74, 6) is -3.72. The maximum Gasteiger partial charge on any atom is 0.240 e. The number of aryl methyl sites for hydroxylation is 2. The lowest BCUT2D eigenvalue weighted by atomic mass is 10.0. The van der Waals surface area contributed by atoms with E-state index in [1.165, 1.54) is 30.5 Å². The normalized spacial score (nSPS) is 13.8. The Balaban J connectivity index is 1.34. The van der Waals surface area contributed by atoms with E-state index >= 15 is 0 Å². The second kappa shape index (κ2) is 9.24. The molecule has 1 heterocycles. The highest BCUT2D eigenvalue weighted by Crippen LogP contribution is 2.48. The maximum atomic E-state index is 14.9. The van der Waals surface area contributed by atoms with E-state index in [0.717, 1.165) is 23.3 Å². The highest BCUT2D eigenvalue weighted by molar-refractivity contribution is 6.17. The summed E-state index contributed by atoms with van der Waals surface area (Å²) in [6.07, 6.45) is 2.00. The molecule has 0 unspecified atom stereocenters. The van der Waals surface area contributed by atoms with Crippen LogP contribution in [0.15, 0.2) is 60.8 Å². The van der Waals surface area contributed by atoms with Crippen LogP contribution in [-0.4, -0.2) is 16.8 Å². The Kier molecular flexibility index (Phi) is 6.07. The molecule has 1 aliphatic rings. The van der Waals surface area contributed by atoms with Gasteiger partial charge in [-0.15, -0.1) is 0 Å². The van der Waals surface area contributed by atoms with Crippen LogP contribution in [0.5, 0.6) is 11.5 Å². The van der Waals surface area contributed by atoms with E-state index < -0.39 is 40.4 Å². The minimum atomic E-state index is -1.42. The SMILES string of the molecule is Cc1cc2nccc(Oc3cc(F)c(NC(=O)C4(C(=O)Nc5ccc(F)cc5)CC4)cc3F)c2cc1C. The molecule has 1 saturated carbocycles. The number of carbonyl (C=O) groups excluding carboxylic acids is 2. The van der Waals surface area contributed by atoms with Gasteiger partial charge in [0.15, 0.2) is 17.4 Å². The minimum Gasteiger partial charge on any atom is -0.453 e. The molecule has 0 saturated heterocycles. The van der Waals surface area contributed by atoms with Gasteiger partial charge in [-0.25, -0.2) is 13.2 Å². The molecule has 0 radical (unpaired) electrons. The summed E-state index contributed by atoms with van der Waals surface area (Å²) < 4.78 is 48.6. The molecule has 0 bridgehead atoms. The summed E-state index contributed by atoms with van der Waals surface area (Å²) in [5.41, 5.74) is 1.17. The third-order valence-electron chi connectivity index (χ3n) is 6.53. The van der Waals surface area contributed by atoms with Crippen LogP contribution in [0.25, 0.3) is 10.9 Å². The van der Waals surface area contributed by atoms with Gasteiger partial charge in [-0.05, 0) is 80.3 Å². The largest absolute Gasteiger partial charge is 0.453 e. The smallest absolute Gasteiger partial charge is 0.240 e. The van der Waals surface area contributed by atoms with Gasteiger partial charge in [-0.3, -0.25) is 14.6 Å². The van der Waals surface area contributed by atoms with Gasteiger partial charge in [-0.1, -0.05) is 0 Å². The van der Waals surface area contributed by atoms with Crippen molar-refractivity contribution in [3.05, 3.63) is 89.4 Å². The number of anilines is 2. The molecule has 2 N–H and O–H groups in total. The zero-order chi connectivity index (χ0) is 26.3. The van der Waals surface area contributed by atoms with Gasteiger partial charge in [0.05, 0.1) is 11.2 Å². The van der Waals surface area contributed by atoms with Crippen molar-refractivity contribution in [3.63, 3.8) is 0 Å². The Morgan fingerprint density at radius 1 is 0.838 bits per heavy atom. The van der Waals surface area contributed by atoms with Crippen LogP contribution < -0.4 is 15.4 Å². The summed E-state index contributed by atoms with van der Waals surface area (Å²) in [5, 5.41) is 5.53. The van der Waals surface area contributed by atoms with Gasteiger partial charge in [0.1, 0.15) is 17.0 Å². The number of pyridine rings is 1. The third kappa shape index (κ3) is 4.72. The lowest BCUT2D eigenvalue weighted by molar-refractivity contribution is -0.131. The van der Waals surface area contributed by atoms with Gasteiger partial charge in [0.2, 0.25) is 11.8 Å². The molecule has 3 aromatic carbocycles. The number of carbonyl (C=O) groups is 2. The van der Waals surface area contributed by atoms with Crippen molar-refractivity contribution < 1.29 is 27.5 Å². The second-order valence-corrected chi connectivity index (χ2v) is 9.12. The second-order valence-electron chi connectivity index (χ2n) is 9.12. The molecule has 1 aliphatic carbocycles. The van der Waals surface area contributed by atoms with Crippen LogP contribution in [-0.2, 0) is 9.59 Å². The van der Waals surface area contributed by atoms with Crippen molar-refractivity contribution in [1.29, 1.82) is 0 Å². The first-order chi connectivity index (χ1) is 17.7. The number of halogens is 3. The van der Waals surface area contributed by atoms with Crippen molar-refractivity contribution in [2.24, 2.45) is 5.41 Å². The minimum absolute atomic E-state index is 0.241. The Hall–Kier alpha value is -4.40. The molecular formula is C28H22F3N3O3. The summed E-state index contributed by atoms with van der Waals surface area (Å²) in [7, 11) is 0.